The van der Waals surface area contributed by atoms with Crippen LogP contribution >= 0.6 is 0 Å². The lowest BCUT2D eigenvalue weighted by atomic mass is 10.1. The largest absolute Gasteiger partial charge is 0.355 e. The second-order valence-electron chi connectivity index (χ2n) is 5.33. The van der Waals surface area contributed by atoms with Crippen LogP contribution in [0.25, 0.3) is 0 Å². The highest BCUT2D eigenvalue weighted by Gasteiger charge is 2.44. The number of halogens is 1. The summed E-state index contributed by atoms with van der Waals surface area (Å²) in [6.07, 6.45) is 3.19. The van der Waals surface area contributed by atoms with Gasteiger partial charge in [-0.25, -0.2) is 4.39 Å². The van der Waals surface area contributed by atoms with Crippen molar-refractivity contribution in [2.24, 2.45) is 5.92 Å². The molecule has 1 aromatic heterocycles. The molecule has 0 saturated heterocycles. The molecule has 2 unspecified atom stereocenters. The Kier molecular flexibility index (Phi) is 3.95. The van der Waals surface area contributed by atoms with Crippen molar-refractivity contribution in [3.05, 3.63) is 65.7 Å². The third-order valence-electron chi connectivity index (χ3n) is 3.84. The van der Waals surface area contributed by atoms with Crippen LogP contribution in [0.3, 0.4) is 0 Å². The van der Waals surface area contributed by atoms with Crippen LogP contribution in [0.1, 0.15) is 23.6 Å². The van der Waals surface area contributed by atoms with Gasteiger partial charge in [-0.2, -0.15) is 0 Å². The summed E-state index contributed by atoms with van der Waals surface area (Å²) < 4.78 is 13.7. The predicted octanol–water partition coefficient (Wildman–Crippen LogP) is 2.68. The van der Waals surface area contributed by atoms with E-state index in [0.29, 0.717) is 18.5 Å². The summed E-state index contributed by atoms with van der Waals surface area (Å²) in [7, 11) is 0. The summed E-state index contributed by atoms with van der Waals surface area (Å²) >= 11 is 0. The first-order valence-corrected chi connectivity index (χ1v) is 7.18. The molecule has 1 heterocycles. The average molecular weight is 284 g/mol. The Labute approximate surface area is 123 Å². The Morgan fingerprint density at radius 3 is 2.81 bits per heavy atom. The molecule has 1 aliphatic carbocycles. The van der Waals surface area contributed by atoms with Crippen LogP contribution in [0.15, 0.2) is 48.7 Å². The van der Waals surface area contributed by atoms with E-state index in [0.717, 1.165) is 12.1 Å². The molecule has 0 bridgehead atoms. The topological polar surface area (TPSA) is 42.0 Å². The summed E-state index contributed by atoms with van der Waals surface area (Å²) in [6.45, 7) is 0.566. The van der Waals surface area contributed by atoms with Crippen molar-refractivity contribution in [2.45, 2.75) is 18.8 Å². The fraction of sp³-hybridized carbons (Fsp3) is 0.294. The van der Waals surface area contributed by atoms with E-state index in [1.54, 1.807) is 18.3 Å². The number of rotatable bonds is 5. The number of amides is 1. The van der Waals surface area contributed by atoms with Crippen LogP contribution in [0.5, 0.6) is 0 Å². The van der Waals surface area contributed by atoms with Crippen molar-refractivity contribution in [2.75, 3.05) is 6.54 Å². The van der Waals surface area contributed by atoms with E-state index in [1.165, 1.54) is 6.07 Å². The number of hydrogen-bond donors (Lipinski definition) is 1. The molecule has 0 spiro atoms. The number of carbonyl (C=O) groups is 1. The van der Waals surface area contributed by atoms with E-state index >= 15 is 0 Å². The monoisotopic (exact) mass is 284 g/mol. The zero-order valence-corrected chi connectivity index (χ0v) is 11.6. The number of hydrogen-bond acceptors (Lipinski definition) is 2. The van der Waals surface area contributed by atoms with Gasteiger partial charge in [-0.1, -0.05) is 24.3 Å². The maximum Gasteiger partial charge on any atom is 0.223 e. The second-order valence-corrected chi connectivity index (χ2v) is 5.33. The first kappa shape index (κ1) is 13.7. The SMILES string of the molecule is O=C(NCCc1ccccn1)C1CC1c1ccccc1F. The van der Waals surface area contributed by atoms with E-state index in [2.05, 4.69) is 10.3 Å². The highest BCUT2D eigenvalue weighted by molar-refractivity contribution is 5.82. The van der Waals surface area contributed by atoms with Gasteiger partial charge in [0.05, 0.1) is 0 Å². The molecular formula is C17H17FN2O. The Hall–Kier alpha value is -2.23. The molecule has 1 N–H and O–H groups in total. The number of aromatic nitrogens is 1. The minimum Gasteiger partial charge on any atom is -0.355 e. The van der Waals surface area contributed by atoms with E-state index < -0.39 is 0 Å². The Bertz CT molecular complexity index is 630. The zero-order chi connectivity index (χ0) is 14.7. The number of carbonyl (C=O) groups excluding carboxylic acids is 1. The summed E-state index contributed by atoms with van der Waals surface area (Å²) in [5, 5.41) is 2.91. The van der Waals surface area contributed by atoms with Gasteiger partial charge in [0.1, 0.15) is 5.82 Å². The fourth-order valence-electron chi connectivity index (χ4n) is 2.60. The molecular weight excluding hydrogens is 267 g/mol. The van der Waals surface area contributed by atoms with Gasteiger partial charge >= 0.3 is 0 Å². The number of nitrogens with zero attached hydrogens (tertiary/aromatic N) is 1. The van der Waals surface area contributed by atoms with Crippen molar-refractivity contribution in [1.82, 2.24) is 10.3 Å². The predicted molar refractivity (Wildman–Crippen MR) is 78.2 cm³/mol. The second kappa shape index (κ2) is 6.04. The summed E-state index contributed by atoms with van der Waals surface area (Å²) in [5.41, 5.74) is 1.61. The van der Waals surface area contributed by atoms with Gasteiger partial charge in [-0.15, -0.1) is 0 Å². The molecule has 21 heavy (non-hydrogen) atoms. The highest BCUT2D eigenvalue weighted by atomic mass is 19.1. The zero-order valence-electron chi connectivity index (χ0n) is 11.6. The normalized spacial score (nSPS) is 20.0. The summed E-state index contributed by atoms with van der Waals surface area (Å²) in [5.74, 6) is -0.267. The molecule has 1 aliphatic rings. The molecule has 0 radical (unpaired) electrons. The molecule has 108 valence electrons. The summed E-state index contributed by atoms with van der Waals surface area (Å²) in [4.78, 5) is 16.2. The number of nitrogens with one attached hydrogen (secondary N) is 1. The van der Waals surface area contributed by atoms with E-state index in [-0.39, 0.29) is 23.6 Å². The third-order valence-corrected chi connectivity index (χ3v) is 3.84. The van der Waals surface area contributed by atoms with E-state index in [4.69, 9.17) is 0 Å². The first-order chi connectivity index (χ1) is 10.3. The lowest BCUT2D eigenvalue weighted by molar-refractivity contribution is -0.122. The Morgan fingerprint density at radius 1 is 1.24 bits per heavy atom. The first-order valence-electron chi connectivity index (χ1n) is 7.18. The minimum absolute atomic E-state index is 0.0131. The third kappa shape index (κ3) is 3.27. The van der Waals surface area contributed by atoms with Crippen molar-refractivity contribution < 1.29 is 9.18 Å². The number of benzene rings is 1. The van der Waals surface area contributed by atoms with Gasteiger partial charge in [0.25, 0.3) is 0 Å². The maximum atomic E-state index is 13.7. The van der Waals surface area contributed by atoms with E-state index in [1.807, 2.05) is 24.3 Å². The molecule has 3 rings (SSSR count). The van der Waals surface area contributed by atoms with Gasteiger partial charge < -0.3 is 5.32 Å². The van der Waals surface area contributed by atoms with Crippen LogP contribution < -0.4 is 5.32 Å². The van der Waals surface area contributed by atoms with Crippen LogP contribution in [0.4, 0.5) is 4.39 Å². The van der Waals surface area contributed by atoms with Crippen LogP contribution in [-0.4, -0.2) is 17.4 Å². The van der Waals surface area contributed by atoms with Crippen molar-refractivity contribution >= 4 is 5.91 Å². The quantitative estimate of drug-likeness (QED) is 0.917. The minimum atomic E-state index is -0.216. The molecule has 1 saturated carbocycles. The fourth-order valence-corrected chi connectivity index (χ4v) is 2.60. The summed E-state index contributed by atoms with van der Waals surface area (Å²) in [6, 6.07) is 12.4. The van der Waals surface area contributed by atoms with Gasteiger partial charge in [0.15, 0.2) is 0 Å². The van der Waals surface area contributed by atoms with Gasteiger partial charge in [0.2, 0.25) is 5.91 Å². The highest BCUT2D eigenvalue weighted by Crippen LogP contribution is 2.48. The van der Waals surface area contributed by atoms with Gasteiger partial charge in [0, 0.05) is 30.8 Å². The molecule has 1 amide bonds. The Morgan fingerprint density at radius 2 is 2.05 bits per heavy atom. The standard InChI is InChI=1S/C17H17FN2O/c18-16-7-2-1-6-13(16)14-11-15(14)17(21)20-10-8-12-5-3-4-9-19-12/h1-7,9,14-15H,8,10-11H2,(H,20,21). The lowest BCUT2D eigenvalue weighted by Crippen LogP contribution is -2.27. The lowest BCUT2D eigenvalue weighted by Gasteiger charge is -2.05. The van der Waals surface area contributed by atoms with Crippen molar-refractivity contribution in [3.8, 4) is 0 Å². The van der Waals surface area contributed by atoms with Crippen LogP contribution in [-0.2, 0) is 11.2 Å². The Balaban J connectivity index is 1.49. The maximum absolute atomic E-state index is 13.7. The molecule has 2 aromatic rings. The molecule has 3 nitrogen and oxygen atoms in total. The van der Waals surface area contributed by atoms with Crippen molar-refractivity contribution in [3.63, 3.8) is 0 Å². The molecule has 0 aliphatic heterocycles. The molecule has 2 atom stereocenters. The smallest absolute Gasteiger partial charge is 0.223 e. The van der Waals surface area contributed by atoms with Gasteiger partial charge in [-0.3, -0.25) is 9.78 Å². The van der Waals surface area contributed by atoms with Crippen molar-refractivity contribution in [1.29, 1.82) is 0 Å². The van der Waals surface area contributed by atoms with E-state index in [9.17, 15) is 9.18 Å². The molecule has 1 fully saturated rings. The van der Waals surface area contributed by atoms with Crippen LogP contribution in [0, 0.1) is 11.7 Å². The van der Waals surface area contributed by atoms with Gasteiger partial charge in [-0.05, 0) is 36.1 Å². The number of pyridine rings is 1. The van der Waals surface area contributed by atoms with Crippen LogP contribution in [0.2, 0.25) is 0 Å². The molecule has 4 heteroatoms. The average Bonchev–Trinajstić information content (AvgIpc) is 3.29. The molecule has 1 aromatic carbocycles.